The second-order valence-electron chi connectivity index (χ2n) is 4.86. The third kappa shape index (κ3) is 4.80. The number of nitrogens with one attached hydrogen (secondary N) is 1. The van der Waals surface area contributed by atoms with Gasteiger partial charge < -0.3 is 10.1 Å². The monoisotopic (exact) mass is 211 g/mol. The molecule has 1 N–H and O–H groups in total. The van der Waals surface area contributed by atoms with Crippen LogP contribution >= 0.6 is 0 Å². The fourth-order valence-corrected chi connectivity index (χ4v) is 2.03. The molecule has 1 aliphatic carbocycles. The molecule has 0 amide bonds. The first-order chi connectivity index (χ1) is 7.24. The van der Waals surface area contributed by atoms with Gasteiger partial charge >= 0.3 is 0 Å². The summed E-state index contributed by atoms with van der Waals surface area (Å²) < 4.78 is 5.23. The molecule has 1 aliphatic rings. The van der Waals surface area contributed by atoms with Crippen LogP contribution in [0.5, 0.6) is 0 Å². The van der Waals surface area contributed by atoms with Gasteiger partial charge in [0.1, 0.15) is 0 Å². The van der Waals surface area contributed by atoms with E-state index >= 15 is 0 Å². The van der Waals surface area contributed by atoms with Gasteiger partial charge in [0, 0.05) is 13.2 Å². The molecule has 88 valence electrons. The van der Waals surface area contributed by atoms with Crippen molar-refractivity contribution in [1.82, 2.24) is 5.32 Å². The quantitative estimate of drug-likeness (QED) is 0.682. The van der Waals surface area contributed by atoms with E-state index in [0.29, 0.717) is 12.0 Å². The maximum absolute atomic E-state index is 5.23. The fourth-order valence-electron chi connectivity index (χ4n) is 2.03. The van der Waals surface area contributed by atoms with Crippen LogP contribution < -0.4 is 5.32 Å². The van der Waals surface area contributed by atoms with E-state index < -0.39 is 0 Å². The standard InChI is InChI=1S/C13H25NO/c1-11(2)13(10-15-3)14-9-12-7-5-4-6-8-12/h4-5,11-14H,6-10H2,1-3H3. The molecule has 2 heteroatoms. The second kappa shape index (κ2) is 7.02. The third-order valence-electron chi connectivity index (χ3n) is 3.20. The highest BCUT2D eigenvalue weighted by atomic mass is 16.5. The molecule has 0 bridgehead atoms. The van der Waals surface area contributed by atoms with E-state index in [1.807, 2.05) is 0 Å². The van der Waals surface area contributed by atoms with Crippen LogP contribution in [0.1, 0.15) is 33.1 Å². The fraction of sp³-hybridized carbons (Fsp3) is 0.846. The highest BCUT2D eigenvalue weighted by Gasteiger charge is 2.15. The summed E-state index contributed by atoms with van der Waals surface area (Å²) in [5.74, 6) is 1.47. The Bertz CT molecular complexity index is 189. The topological polar surface area (TPSA) is 21.3 Å². The maximum atomic E-state index is 5.23. The molecule has 0 fully saturated rings. The minimum absolute atomic E-state index is 0.501. The zero-order valence-electron chi connectivity index (χ0n) is 10.3. The Balaban J connectivity index is 2.23. The molecular formula is C13H25NO. The van der Waals surface area contributed by atoms with E-state index in [2.05, 4.69) is 31.3 Å². The Labute approximate surface area is 94.1 Å². The van der Waals surface area contributed by atoms with Gasteiger partial charge in [-0.2, -0.15) is 0 Å². The zero-order valence-corrected chi connectivity index (χ0v) is 10.3. The molecule has 2 nitrogen and oxygen atoms in total. The van der Waals surface area contributed by atoms with Gasteiger partial charge in [0.05, 0.1) is 6.61 Å². The number of ether oxygens (including phenoxy) is 1. The van der Waals surface area contributed by atoms with Crippen molar-refractivity contribution >= 4 is 0 Å². The molecule has 0 radical (unpaired) electrons. The molecule has 2 atom stereocenters. The first-order valence-corrected chi connectivity index (χ1v) is 6.11. The summed E-state index contributed by atoms with van der Waals surface area (Å²) in [5.41, 5.74) is 0. The molecule has 0 heterocycles. The Hall–Kier alpha value is -0.340. The summed E-state index contributed by atoms with van der Waals surface area (Å²) in [7, 11) is 1.78. The SMILES string of the molecule is COCC(NCC1CC=CCC1)C(C)C. The molecule has 0 aromatic carbocycles. The molecule has 0 aliphatic heterocycles. The lowest BCUT2D eigenvalue weighted by Crippen LogP contribution is -2.40. The highest BCUT2D eigenvalue weighted by molar-refractivity contribution is 4.91. The number of hydrogen-bond acceptors (Lipinski definition) is 2. The van der Waals surface area contributed by atoms with E-state index in [0.717, 1.165) is 19.1 Å². The molecule has 0 saturated carbocycles. The van der Waals surface area contributed by atoms with Gasteiger partial charge in [0.15, 0.2) is 0 Å². The van der Waals surface area contributed by atoms with Crippen molar-refractivity contribution < 1.29 is 4.74 Å². The van der Waals surface area contributed by atoms with Crippen LogP contribution in [-0.4, -0.2) is 26.3 Å². The van der Waals surface area contributed by atoms with Gasteiger partial charge in [-0.3, -0.25) is 0 Å². The number of rotatable bonds is 6. The molecule has 2 unspecified atom stereocenters. The Kier molecular flexibility index (Phi) is 5.96. The average Bonchev–Trinajstić information content (AvgIpc) is 2.25. The molecule has 0 spiro atoms. The zero-order chi connectivity index (χ0) is 11.1. The smallest absolute Gasteiger partial charge is 0.0618 e. The minimum Gasteiger partial charge on any atom is -0.383 e. The summed E-state index contributed by atoms with van der Waals surface area (Å²) in [6, 6.07) is 0.501. The van der Waals surface area contributed by atoms with Crippen molar-refractivity contribution in [3.8, 4) is 0 Å². The lowest BCUT2D eigenvalue weighted by atomic mass is 9.93. The average molecular weight is 211 g/mol. The van der Waals surface area contributed by atoms with Gasteiger partial charge in [-0.1, -0.05) is 26.0 Å². The van der Waals surface area contributed by atoms with Crippen molar-refractivity contribution in [2.75, 3.05) is 20.3 Å². The summed E-state index contributed by atoms with van der Waals surface area (Å²) >= 11 is 0. The number of allylic oxidation sites excluding steroid dienone is 2. The van der Waals surface area contributed by atoms with Crippen LogP contribution in [0.3, 0.4) is 0 Å². The first kappa shape index (κ1) is 12.7. The molecule has 1 rings (SSSR count). The highest BCUT2D eigenvalue weighted by Crippen LogP contribution is 2.17. The van der Waals surface area contributed by atoms with Gasteiger partial charge in [0.25, 0.3) is 0 Å². The van der Waals surface area contributed by atoms with Gasteiger partial charge in [-0.05, 0) is 37.6 Å². The normalized spacial score (nSPS) is 23.3. The third-order valence-corrected chi connectivity index (χ3v) is 3.20. The van der Waals surface area contributed by atoms with Crippen molar-refractivity contribution in [2.45, 2.75) is 39.2 Å². The van der Waals surface area contributed by atoms with Gasteiger partial charge in [0.2, 0.25) is 0 Å². The van der Waals surface area contributed by atoms with Crippen molar-refractivity contribution in [3.63, 3.8) is 0 Å². The summed E-state index contributed by atoms with van der Waals surface area (Å²) in [4.78, 5) is 0. The van der Waals surface area contributed by atoms with Crippen LogP contribution in [-0.2, 0) is 4.74 Å². The summed E-state index contributed by atoms with van der Waals surface area (Å²) in [5, 5.41) is 3.63. The molecule has 15 heavy (non-hydrogen) atoms. The summed E-state index contributed by atoms with van der Waals surface area (Å²) in [6.45, 7) is 6.45. The minimum atomic E-state index is 0.501. The Morgan fingerprint density at radius 2 is 2.20 bits per heavy atom. The molecule has 0 saturated heterocycles. The first-order valence-electron chi connectivity index (χ1n) is 6.11. The molecule has 0 aromatic heterocycles. The van der Waals surface area contributed by atoms with E-state index in [-0.39, 0.29) is 0 Å². The van der Waals surface area contributed by atoms with E-state index in [9.17, 15) is 0 Å². The van der Waals surface area contributed by atoms with E-state index in [1.54, 1.807) is 7.11 Å². The van der Waals surface area contributed by atoms with Crippen LogP contribution in [0.4, 0.5) is 0 Å². The summed E-state index contributed by atoms with van der Waals surface area (Å²) in [6.07, 6.45) is 8.44. The van der Waals surface area contributed by atoms with E-state index in [4.69, 9.17) is 4.74 Å². The number of hydrogen-bond donors (Lipinski definition) is 1. The maximum Gasteiger partial charge on any atom is 0.0618 e. The number of methoxy groups -OCH3 is 1. The van der Waals surface area contributed by atoms with Crippen molar-refractivity contribution in [2.24, 2.45) is 11.8 Å². The largest absolute Gasteiger partial charge is 0.383 e. The molecule has 0 aromatic rings. The van der Waals surface area contributed by atoms with Crippen LogP contribution in [0.15, 0.2) is 12.2 Å². The van der Waals surface area contributed by atoms with Gasteiger partial charge in [-0.25, -0.2) is 0 Å². The molecular weight excluding hydrogens is 186 g/mol. The Morgan fingerprint density at radius 1 is 1.40 bits per heavy atom. The van der Waals surface area contributed by atoms with Crippen molar-refractivity contribution in [3.05, 3.63) is 12.2 Å². The predicted molar refractivity (Wildman–Crippen MR) is 65.0 cm³/mol. The second-order valence-corrected chi connectivity index (χ2v) is 4.86. The lowest BCUT2D eigenvalue weighted by Gasteiger charge is -2.25. The van der Waals surface area contributed by atoms with Crippen LogP contribution in [0.2, 0.25) is 0 Å². The van der Waals surface area contributed by atoms with Crippen molar-refractivity contribution in [1.29, 1.82) is 0 Å². The van der Waals surface area contributed by atoms with E-state index in [1.165, 1.54) is 19.3 Å². The Morgan fingerprint density at radius 3 is 2.73 bits per heavy atom. The van der Waals surface area contributed by atoms with Crippen LogP contribution in [0, 0.1) is 11.8 Å². The van der Waals surface area contributed by atoms with Gasteiger partial charge in [-0.15, -0.1) is 0 Å². The predicted octanol–water partition coefficient (Wildman–Crippen LogP) is 2.60. The van der Waals surface area contributed by atoms with Crippen LogP contribution in [0.25, 0.3) is 0 Å². The lowest BCUT2D eigenvalue weighted by molar-refractivity contribution is 0.144.